The number of ether oxygens (including phenoxy) is 1. The van der Waals surface area contributed by atoms with Gasteiger partial charge in [-0.1, -0.05) is 30.3 Å². The summed E-state index contributed by atoms with van der Waals surface area (Å²) in [6.07, 6.45) is 0.969. The first kappa shape index (κ1) is 19.2. The van der Waals surface area contributed by atoms with Crippen molar-refractivity contribution in [1.82, 2.24) is 4.90 Å². The van der Waals surface area contributed by atoms with Gasteiger partial charge in [0, 0.05) is 37.3 Å². The van der Waals surface area contributed by atoms with Gasteiger partial charge in [0.1, 0.15) is 5.75 Å². The second kappa shape index (κ2) is 9.97. The summed E-state index contributed by atoms with van der Waals surface area (Å²) >= 11 is 0. The van der Waals surface area contributed by atoms with Crippen LogP contribution < -0.4 is 10.5 Å². The summed E-state index contributed by atoms with van der Waals surface area (Å²) in [4.78, 5) is 14.0. The Bertz CT molecular complexity index is 671. The molecule has 2 N–H and O–H groups in total. The molecule has 0 saturated heterocycles. The predicted octanol–water partition coefficient (Wildman–Crippen LogP) is 3.29. The smallest absolute Gasteiger partial charge is 0.159 e. The molecule has 0 bridgehead atoms. The first-order valence-electron chi connectivity index (χ1n) is 8.87. The van der Waals surface area contributed by atoms with E-state index >= 15 is 0 Å². The molecule has 0 aliphatic heterocycles. The molecule has 0 saturated carbocycles. The van der Waals surface area contributed by atoms with E-state index in [-0.39, 0.29) is 5.78 Å². The van der Waals surface area contributed by atoms with Crippen LogP contribution in [-0.2, 0) is 13.0 Å². The number of hydrogen-bond acceptors (Lipinski definition) is 4. The molecule has 0 radical (unpaired) electrons. The number of benzene rings is 2. The number of hydrogen-bond donors (Lipinski definition) is 1. The molecule has 0 aromatic heterocycles. The van der Waals surface area contributed by atoms with Gasteiger partial charge < -0.3 is 10.5 Å². The second-order valence-electron chi connectivity index (χ2n) is 6.11. The number of Topliss-reactive ketones (excluding diaryl/α,β-unsaturated/α-hetero) is 1. The first-order valence-corrected chi connectivity index (χ1v) is 8.87. The van der Waals surface area contributed by atoms with E-state index in [1.54, 1.807) is 6.92 Å². The fourth-order valence-corrected chi connectivity index (χ4v) is 2.84. The monoisotopic (exact) mass is 340 g/mol. The fourth-order valence-electron chi connectivity index (χ4n) is 2.84. The predicted molar refractivity (Wildman–Crippen MR) is 102 cm³/mol. The van der Waals surface area contributed by atoms with Crippen molar-refractivity contribution in [3.8, 4) is 5.75 Å². The van der Waals surface area contributed by atoms with E-state index in [4.69, 9.17) is 10.5 Å². The lowest BCUT2D eigenvalue weighted by Crippen LogP contribution is -2.31. The minimum atomic E-state index is 0.0685. The van der Waals surface area contributed by atoms with Gasteiger partial charge in [0.2, 0.25) is 0 Å². The van der Waals surface area contributed by atoms with Gasteiger partial charge in [0.15, 0.2) is 5.78 Å². The van der Waals surface area contributed by atoms with Gasteiger partial charge in [-0.3, -0.25) is 9.69 Å². The molecule has 2 rings (SSSR count). The lowest BCUT2D eigenvalue weighted by molar-refractivity contribution is 0.101. The first-order chi connectivity index (χ1) is 12.1. The molecule has 25 heavy (non-hydrogen) atoms. The quantitative estimate of drug-likeness (QED) is 0.674. The van der Waals surface area contributed by atoms with Crippen molar-refractivity contribution in [3.63, 3.8) is 0 Å². The molecule has 2 aromatic rings. The molecule has 134 valence electrons. The highest BCUT2D eigenvalue weighted by Gasteiger charge is 2.12. The summed E-state index contributed by atoms with van der Waals surface area (Å²) in [6.45, 7) is 7.21. The largest absolute Gasteiger partial charge is 0.494 e. The van der Waals surface area contributed by atoms with Gasteiger partial charge >= 0.3 is 0 Å². The van der Waals surface area contributed by atoms with Crippen molar-refractivity contribution < 1.29 is 9.53 Å². The highest BCUT2D eigenvalue weighted by Crippen LogP contribution is 2.22. The molecule has 0 amide bonds. The van der Waals surface area contributed by atoms with Crippen LogP contribution in [0.15, 0.2) is 48.5 Å². The number of nitrogens with two attached hydrogens (primary N) is 1. The maximum atomic E-state index is 11.7. The summed E-state index contributed by atoms with van der Waals surface area (Å²) in [5.74, 6) is 0.910. The summed E-state index contributed by atoms with van der Waals surface area (Å²) in [5, 5.41) is 0. The van der Waals surface area contributed by atoms with Gasteiger partial charge in [-0.05, 0) is 44.0 Å². The van der Waals surface area contributed by atoms with E-state index < -0.39 is 0 Å². The minimum Gasteiger partial charge on any atom is -0.494 e. The third-order valence-corrected chi connectivity index (χ3v) is 4.17. The number of nitrogens with zero attached hydrogens (tertiary/aromatic N) is 1. The molecule has 0 aliphatic carbocycles. The Morgan fingerprint density at radius 2 is 1.88 bits per heavy atom. The van der Waals surface area contributed by atoms with Crippen molar-refractivity contribution in [3.05, 3.63) is 65.2 Å². The Hall–Kier alpha value is -2.17. The standard InChI is InChI=1S/C21H28N2O2/c1-3-25-21-10-9-19(17(2)24)15-20(21)16-23(14-12-22)13-11-18-7-5-4-6-8-18/h4-10,15H,3,11-14,16,22H2,1-2H3. The van der Waals surface area contributed by atoms with Gasteiger partial charge in [-0.25, -0.2) is 0 Å². The number of ketones is 1. The van der Waals surface area contributed by atoms with Crippen LogP contribution in [0.5, 0.6) is 5.75 Å². The Morgan fingerprint density at radius 3 is 2.52 bits per heavy atom. The third kappa shape index (κ3) is 6.00. The third-order valence-electron chi connectivity index (χ3n) is 4.17. The number of rotatable bonds is 10. The van der Waals surface area contributed by atoms with Crippen LogP contribution in [0.1, 0.15) is 35.3 Å². The Kier molecular flexibility index (Phi) is 7.64. The number of carbonyl (C=O) groups is 1. The van der Waals surface area contributed by atoms with Crippen molar-refractivity contribution in [2.75, 3.05) is 26.2 Å². The molecular weight excluding hydrogens is 312 g/mol. The van der Waals surface area contributed by atoms with Gasteiger partial charge in [0.05, 0.1) is 6.61 Å². The lowest BCUT2D eigenvalue weighted by atomic mass is 10.1. The highest BCUT2D eigenvalue weighted by molar-refractivity contribution is 5.94. The zero-order valence-electron chi connectivity index (χ0n) is 15.2. The molecule has 4 nitrogen and oxygen atoms in total. The topological polar surface area (TPSA) is 55.6 Å². The second-order valence-corrected chi connectivity index (χ2v) is 6.11. The van der Waals surface area contributed by atoms with Crippen LogP contribution >= 0.6 is 0 Å². The summed E-state index contributed by atoms with van der Waals surface area (Å²) in [6, 6.07) is 16.1. The van der Waals surface area contributed by atoms with Crippen molar-refractivity contribution in [2.45, 2.75) is 26.8 Å². The summed E-state index contributed by atoms with van der Waals surface area (Å²) in [5.41, 5.74) is 8.87. The molecule has 4 heteroatoms. The zero-order chi connectivity index (χ0) is 18.1. The fraction of sp³-hybridized carbons (Fsp3) is 0.381. The van der Waals surface area contributed by atoms with Crippen molar-refractivity contribution in [1.29, 1.82) is 0 Å². The van der Waals surface area contributed by atoms with Crippen LogP contribution in [0.4, 0.5) is 0 Å². The molecule has 0 atom stereocenters. The van der Waals surface area contributed by atoms with Crippen molar-refractivity contribution >= 4 is 5.78 Å². The van der Waals surface area contributed by atoms with Crippen LogP contribution in [-0.4, -0.2) is 36.9 Å². The van der Waals surface area contributed by atoms with Crippen LogP contribution in [0.3, 0.4) is 0 Å². The van der Waals surface area contributed by atoms with Crippen molar-refractivity contribution in [2.24, 2.45) is 5.73 Å². The molecule has 0 heterocycles. The van der Waals surface area contributed by atoms with Crippen LogP contribution in [0.2, 0.25) is 0 Å². The van der Waals surface area contributed by atoms with E-state index in [2.05, 4.69) is 29.2 Å². The lowest BCUT2D eigenvalue weighted by Gasteiger charge is -2.23. The van der Waals surface area contributed by atoms with Gasteiger partial charge in [-0.15, -0.1) is 0 Å². The minimum absolute atomic E-state index is 0.0685. The van der Waals surface area contributed by atoms with E-state index in [1.165, 1.54) is 5.56 Å². The van der Waals surface area contributed by atoms with E-state index in [9.17, 15) is 4.79 Å². The molecule has 0 fully saturated rings. The maximum Gasteiger partial charge on any atom is 0.159 e. The maximum absolute atomic E-state index is 11.7. The SMILES string of the molecule is CCOc1ccc(C(C)=O)cc1CN(CCN)CCc1ccccc1. The highest BCUT2D eigenvalue weighted by atomic mass is 16.5. The molecular formula is C21H28N2O2. The van der Waals surface area contributed by atoms with E-state index in [0.29, 0.717) is 18.7 Å². The molecule has 0 spiro atoms. The Labute approximate surface area is 150 Å². The Balaban J connectivity index is 2.13. The summed E-state index contributed by atoms with van der Waals surface area (Å²) in [7, 11) is 0. The molecule has 2 aromatic carbocycles. The molecule has 0 unspecified atom stereocenters. The van der Waals surface area contributed by atoms with Gasteiger partial charge in [0.25, 0.3) is 0 Å². The zero-order valence-corrected chi connectivity index (χ0v) is 15.2. The average molecular weight is 340 g/mol. The van der Waals surface area contributed by atoms with Gasteiger partial charge in [-0.2, -0.15) is 0 Å². The Morgan fingerprint density at radius 1 is 1.12 bits per heavy atom. The van der Waals surface area contributed by atoms with E-state index in [1.807, 2.05) is 31.2 Å². The molecule has 0 aliphatic rings. The summed E-state index contributed by atoms with van der Waals surface area (Å²) < 4.78 is 5.74. The van der Waals surface area contributed by atoms with Crippen LogP contribution in [0, 0.1) is 0 Å². The number of carbonyl (C=O) groups excluding carboxylic acids is 1. The van der Waals surface area contributed by atoms with E-state index in [0.717, 1.165) is 37.4 Å². The normalized spacial score (nSPS) is 10.9. The average Bonchev–Trinajstić information content (AvgIpc) is 2.62. The van der Waals surface area contributed by atoms with Crippen LogP contribution in [0.25, 0.3) is 0 Å².